The Morgan fingerprint density at radius 1 is 1.04 bits per heavy atom. The van der Waals surface area contributed by atoms with E-state index in [4.69, 9.17) is 4.55 Å². The molecular formula is C20H19N3O4S. The molecule has 0 saturated heterocycles. The minimum atomic E-state index is -4.28. The molecule has 144 valence electrons. The zero-order valence-corrected chi connectivity index (χ0v) is 16.2. The molecule has 0 aliphatic carbocycles. The van der Waals surface area contributed by atoms with E-state index in [1.54, 1.807) is 12.2 Å². The van der Waals surface area contributed by atoms with Crippen LogP contribution in [0.4, 0.5) is 11.4 Å². The summed E-state index contributed by atoms with van der Waals surface area (Å²) in [5.74, 6) is -0.327. The van der Waals surface area contributed by atoms with Crippen molar-refractivity contribution in [2.24, 2.45) is 5.10 Å². The number of amides is 1. The summed E-state index contributed by atoms with van der Waals surface area (Å²) in [6.45, 7) is 0. The molecule has 1 heterocycles. The number of carbonyl (C=O) groups excluding carboxylic acids is 1. The van der Waals surface area contributed by atoms with E-state index in [0.717, 1.165) is 11.3 Å². The van der Waals surface area contributed by atoms with Gasteiger partial charge in [-0.1, -0.05) is 24.3 Å². The highest BCUT2D eigenvalue weighted by Crippen LogP contribution is 2.23. The van der Waals surface area contributed by atoms with Gasteiger partial charge in [-0.05, 0) is 48.0 Å². The van der Waals surface area contributed by atoms with Crippen LogP contribution in [0, 0.1) is 0 Å². The third-order valence-electron chi connectivity index (χ3n) is 4.10. The highest BCUT2D eigenvalue weighted by atomic mass is 32.2. The van der Waals surface area contributed by atoms with Gasteiger partial charge in [0.1, 0.15) is 0 Å². The third-order valence-corrected chi connectivity index (χ3v) is 4.97. The van der Waals surface area contributed by atoms with Gasteiger partial charge in [0.05, 0.1) is 22.4 Å². The standard InChI is InChI=1S/C20H19N3O4S/c1-22(2)17-8-6-15(7-9-17)4-3-5-16-14-21-23(20(16)24)18-10-12-19(13-11-18)28(25,26)27/h3-14H,1-2H3,(H,25,26,27)/b4-3+,16-5+. The molecule has 0 fully saturated rings. The summed E-state index contributed by atoms with van der Waals surface area (Å²) in [5.41, 5.74) is 2.91. The summed E-state index contributed by atoms with van der Waals surface area (Å²) in [7, 11) is -0.329. The third kappa shape index (κ3) is 4.36. The SMILES string of the molecule is CN(C)c1ccc(/C=C/C=C2\C=NN(c3ccc(S(=O)(=O)O)cc3)C2=O)cc1. The molecule has 0 unspecified atom stereocenters. The van der Waals surface area contributed by atoms with E-state index in [1.807, 2.05) is 49.3 Å². The summed E-state index contributed by atoms with van der Waals surface area (Å²) in [6.07, 6.45) is 6.77. The summed E-state index contributed by atoms with van der Waals surface area (Å²) in [4.78, 5) is 14.2. The largest absolute Gasteiger partial charge is 0.378 e. The summed E-state index contributed by atoms with van der Waals surface area (Å²) < 4.78 is 31.2. The fourth-order valence-corrected chi connectivity index (χ4v) is 3.03. The highest BCUT2D eigenvalue weighted by Gasteiger charge is 2.24. The molecule has 0 spiro atoms. The number of anilines is 2. The molecule has 0 saturated carbocycles. The lowest BCUT2D eigenvalue weighted by atomic mass is 10.1. The maximum absolute atomic E-state index is 12.5. The highest BCUT2D eigenvalue weighted by molar-refractivity contribution is 7.85. The van der Waals surface area contributed by atoms with Crippen molar-refractivity contribution in [1.29, 1.82) is 0 Å². The van der Waals surface area contributed by atoms with Crippen LogP contribution in [-0.4, -0.2) is 39.2 Å². The predicted molar refractivity (Wildman–Crippen MR) is 110 cm³/mol. The van der Waals surface area contributed by atoms with Crippen LogP contribution in [0.2, 0.25) is 0 Å². The van der Waals surface area contributed by atoms with Crippen molar-refractivity contribution < 1.29 is 17.8 Å². The minimum Gasteiger partial charge on any atom is -0.378 e. The van der Waals surface area contributed by atoms with Crippen LogP contribution in [0.5, 0.6) is 0 Å². The first kappa shape index (κ1) is 19.5. The van der Waals surface area contributed by atoms with Gasteiger partial charge in [-0.25, -0.2) is 0 Å². The number of rotatable bonds is 5. The molecule has 2 aromatic carbocycles. The topological polar surface area (TPSA) is 90.3 Å². The van der Waals surface area contributed by atoms with Gasteiger partial charge in [0.2, 0.25) is 0 Å². The Labute approximate surface area is 163 Å². The maximum atomic E-state index is 12.5. The number of benzene rings is 2. The van der Waals surface area contributed by atoms with Crippen LogP contribution < -0.4 is 9.91 Å². The molecule has 3 rings (SSSR count). The first-order valence-corrected chi connectivity index (χ1v) is 9.81. The van der Waals surface area contributed by atoms with E-state index in [9.17, 15) is 13.2 Å². The van der Waals surface area contributed by atoms with Crippen LogP contribution in [0.1, 0.15) is 5.56 Å². The Bertz CT molecular complexity index is 1070. The Morgan fingerprint density at radius 2 is 1.68 bits per heavy atom. The van der Waals surface area contributed by atoms with Crippen LogP contribution in [0.15, 0.2) is 76.3 Å². The van der Waals surface area contributed by atoms with Crippen molar-refractivity contribution in [1.82, 2.24) is 0 Å². The second-order valence-electron chi connectivity index (χ2n) is 6.30. The molecule has 0 aromatic heterocycles. The molecule has 1 aliphatic rings. The van der Waals surface area contributed by atoms with Crippen LogP contribution in [0.3, 0.4) is 0 Å². The van der Waals surface area contributed by atoms with Gasteiger partial charge in [-0.2, -0.15) is 18.5 Å². The zero-order chi connectivity index (χ0) is 20.3. The number of hydrogen-bond acceptors (Lipinski definition) is 5. The van der Waals surface area contributed by atoms with Crippen molar-refractivity contribution in [3.05, 3.63) is 71.8 Å². The molecule has 1 amide bonds. The maximum Gasteiger partial charge on any atom is 0.294 e. The quantitative estimate of drug-likeness (QED) is 0.619. The fourth-order valence-electron chi connectivity index (χ4n) is 2.55. The lowest BCUT2D eigenvalue weighted by Gasteiger charge is -2.12. The van der Waals surface area contributed by atoms with Crippen LogP contribution in [-0.2, 0) is 14.9 Å². The van der Waals surface area contributed by atoms with Crippen molar-refractivity contribution >= 4 is 39.7 Å². The van der Waals surface area contributed by atoms with E-state index in [1.165, 1.54) is 35.5 Å². The second kappa shape index (κ2) is 7.79. The average molecular weight is 397 g/mol. The van der Waals surface area contributed by atoms with Gasteiger partial charge in [0, 0.05) is 19.8 Å². The van der Waals surface area contributed by atoms with Crippen LogP contribution in [0.25, 0.3) is 6.08 Å². The monoisotopic (exact) mass is 397 g/mol. The van der Waals surface area contributed by atoms with Crippen molar-refractivity contribution in [2.75, 3.05) is 24.0 Å². The van der Waals surface area contributed by atoms with Crippen LogP contribution >= 0.6 is 0 Å². The van der Waals surface area contributed by atoms with Crippen molar-refractivity contribution in [3.8, 4) is 0 Å². The van der Waals surface area contributed by atoms with Gasteiger partial charge in [-0.15, -0.1) is 0 Å². The molecule has 28 heavy (non-hydrogen) atoms. The number of carbonyl (C=O) groups is 1. The van der Waals surface area contributed by atoms with Gasteiger partial charge in [0.15, 0.2) is 0 Å². The average Bonchev–Trinajstić information content (AvgIpc) is 3.02. The molecule has 8 heteroatoms. The molecule has 1 aliphatic heterocycles. The van der Waals surface area contributed by atoms with Gasteiger partial charge < -0.3 is 4.90 Å². The van der Waals surface area contributed by atoms with E-state index in [2.05, 4.69) is 5.10 Å². The predicted octanol–water partition coefficient (Wildman–Crippen LogP) is 2.97. The first-order chi connectivity index (χ1) is 13.3. The Balaban J connectivity index is 1.70. The number of hydrogen-bond donors (Lipinski definition) is 1. The number of hydrazone groups is 1. The molecule has 1 N–H and O–H groups in total. The minimum absolute atomic E-state index is 0.245. The number of allylic oxidation sites excluding steroid dienone is 2. The van der Waals surface area contributed by atoms with Crippen molar-refractivity contribution in [3.63, 3.8) is 0 Å². The Hall–Kier alpha value is -3.23. The molecular weight excluding hydrogens is 378 g/mol. The van der Waals surface area contributed by atoms with E-state index < -0.39 is 10.1 Å². The summed E-state index contributed by atoms with van der Waals surface area (Å²) in [6, 6.07) is 13.2. The second-order valence-corrected chi connectivity index (χ2v) is 7.72. The summed E-state index contributed by atoms with van der Waals surface area (Å²) in [5, 5.41) is 5.22. The fraction of sp³-hybridized carbons (Fsp3) is 0.100. The van der Waals surface area contributed by atoms with Gasteiger partial charge >= 0.3 is 0 Å². The normalized spacial score (nSPS) is 15.8. The Kier molecular flexibility index (Phi) is 5.43. The van der Waals surface area contributed by atoms with E-state index in [-0.39, 0.29) is 10.8 Å². The molecule has 0 atom stereocenters. The zero-order valence-electron chi connectivity index (χ0n) is 15.4. The molecule has 7 nitrogen and oxygen atoms in total. The number of nitrogens with zero attached hydrogens (tertiary/aromatic N) is 3. The van der Waals surface area contributed by atoms with Gasteiger partial charge in [-0.3, -0.25) is 9.35 Å². The lowest BCUT2D eigenvalue weighted by molar-refractivity contribution is -0.114. The lowest BCUT2D eigenvalue weighted by Crippen LogP contribution is -2.21. The molecule has 0 bridgehead atoms. The first-order valence-electron chi connectivity index (χ1n) is 8.37. The van der Waals surface area contributed by atoms with Gasteiger partial charge in [0.25, 0.3) is 16.0 Å². The van der Waals surface area contributed by atoms with E-state index >= 15 is 0 Å². The molecule has 0 radical (unpaired) electrons. The Morgan fingerprint density at radius 3 is 2.25 bits per heavy atom. The molecule has 2 aromatic rings. The van der Waals surface area contributed by atoms with E-state index in [0.29, 0.717) is 11.3 Å². The smallest absolute Gasteiger partial charge is 0.294 e. The van der Waals surface area contributed by atoms with Crippen molar-refractivity contribution in [2.45, 2.75) is 4.90 Å². The summed E-state index contributed by atoms with van der Waals surface area (Å²) >= 11 is 0.